The maximum absolute atomic E-state index is 4.38. The van der Waals surface area contributed by atoms with Crippen molar-refractivity contribution < 1.29 is 0 Å². The lowest BCUT2D eigenvalue weighted by molar-refractivity contribution is 0.118. The molecular weight excluding hydrogens is 238 g/mol. The van der Waals surface area contributed by atoms with E-state index in [1.54, 1.807) is 11.0 Å². The van der Waals surface area contributed by atoms with Crippen LogP contribution in [0.25, 0.3) is 0 Å². The van der Waals surface area contributed by atoms with E-state index in [4.69, 9.17) is 0 Å². The van der Waals surface area contributed by atoms with Crippen LogP contribution in [0.4, 0.5) is 0 Å². The summed E-state index contributed by atoms with van der Waals surface area (Å²) in [6, 6.07) is 2.31. The Balaban J connectivity index is 1.55. The third-order valence-electron chi connectivity index (χ3n) is 4.62. The lowest BCUT2D eigenvalue weighted by atomic mass is 9.97. The van der Waals surface area contributed by atoms with Gasteiger partial charge in [0, 0.05) is 38.1 Å². The van der Waals surface area contributed by atoms with E-state index in [0.29, 0.717) is 0 Å². The molecule has 1 aromatic heterocycles. The van der Waals surface area contributed by atoms with Gasteiger partial charge in [-0.3, -0.25) is 9.58 Å². The van der Waals surface area contributed by atoms with E-state index < -0.39 is 0 Å². The van der Waals surface area contributed by atoms with Crippen molar-refractivity contribution >= 4 is 0 Å². The third-order valence-corrected chi connectivity index (χ3v) is 4.62. The van der Waals surface area contributed by atoms with Crippen LogP contribution >= 0.6 is 0 Å². The molecule has 1 aromatic rings. The molecule has 1 N–H and O–H groups in total. The van der Waals surface area contributed by atoms with Gasteiger partial charge < -0.3 is 5.32 Å². The van der Waals surface area contributed by atoms with Crippen LogP contribution < -0.4 is 5.32 Å². The molecule has 0 aliphatic carbocycles. The van der Waals surface area contributed by atoms with Gasteiger partial charge in [-0.15, -0.1) is 0 Å². The minimum Gasteiger partial charge on any atom is -0.314 e. The number of rotatable bonds is 5. The summed E-state index contributed by atoms with van der Waals surface area (Å²) in [5.74, 6) is 0.982. The van der Waals surface area contributed by atoms with E-state index >= 15 is 0 Å². The van der Waals surface area contributed by atoms with Crippen LogP contribution in [0, 0.1) is 0 Å². The Morgan fingerprint density at radius 1 is 1.32 bits per heavy atom. The minimum absolute atomic E-state index is 0.742. The average molecular weight is 263 g/mol. The van der Waals surface area contributed by atoms with Crippen molar-refractivity contribution in [3.05, 3.63) is 12.2 Å². The second-order valence-corrected chi connectivity index (χ2v) is 5.93. The molecule has 0 aromatic carbocycles. The maximum atomic E-state index is 4.38. The molecule has 2 atom stereocenters. The largest absolute Gasteiger partial charge is 0.314 e. The summed E-state index contributed by atoms with van der Waals surface area (Å²) in [5, 5.41) is 8.00. The average Bonchev–Trinajstić information content (AvgIpc) is 2.89. The first kappa shape index (κ1) is 13.1. The lowest BCUT2D eigenvalue weighted by Crippen LogP contribution is -2.49. The van der Waals surface area contributed by atoms with Crippen LogP contribution in [-0.4, -0.2) is 50.9 Å². The van der Waals surface area contributed by atoms with Crippen molar-refractivity contribution in [1.29, 1.82) is 0 Å². The van der Waals surface area contributed by atoms with Crippen molar-refractivity contribution in [3.63, 3.8) is 0 Å². The van der Waals surface area contributed by atoms with E-state index in [-0.39, 0.29) is 0 Å². The van der Waals surface area contributed by atoms with Gasteiger partial charge in [0.2, 0.25) is 0 Å². The SMILES string of the molecule is CCNC1CC2CCC(C1)N2CCc1ncn(C)n1. The van der Waals surface area contributed by atoms with Crippen LogP contribution in [0.2, 0.25) is 0 Å². The highest BCUT2D eigenvalue weighted by Gasteiger charge is 2.39. The standard InChI is InChI=1S/C14H25N5/c1-3-15-11-8-12-4-5-13(9-11)19(12)7-6-14-16-10-18(2)17-14/h10-13,15H,3-9H2,1-2H3. The molecule has 2 bridgehead atoms. The predicted octanol–water partition coefficient (Wildman–Crippen LogP) is 0.962. The van der Waals surface area contributed by atoms with Gasteiger partial charge in [-0.1, -0.05) is 6.92 Å². The molecule has 3 rings (SSSR count). The Morgan fingerprint density at radius 3 is 2.63 bits per heavy atom. The number of aromatic nitrogens is 3. The molecule has 2 fully saturated rings. The first-order valence-corrected chi connectivity index (χ1v) is 7.60. The second-order valence-electron chi connectivity index (χ2n) is 5.93. The monoisotopic (exact) mass is 263 g/mol. The number of hydrogen-bond donors (Lipinski definition) is 1. The van der Waals surface area contributed by atoms with Gasteiger partial charge in [0.1, 0.15) is 6.33 Å². The Kier molecular flexibility index (Phi) is 3.84. The van der Waals surface area contributed by atoms with Gasteiger partial charge in [-0.25, -0.2) is 4.98 Å². The molecule has 5 heteroatoms. The smallest absolute Gasteiger partial charge is 0.151 e. The Labute approximate surface area is 115 Å². The Hall–Kier alpha value is -0.940. The highest BCUT2D eigenvalue weighted by molar-refractivity contribution is 4.98. The van der Waals surface area contributed by atoms with Crippen LogP contribution in [0.1, 0.15) is 38.4 Å². The summed E-state index contributed by atoms with van der Waals surface area (Å²) in [5.41, 5.74) is 0. The Morgan fingerprint density at radius 2 is 2.05 bits per heavy atom. The number of hydrogen-bond acceptors (Lipinski definition) is 4. The highest BCUT2D eigenvalue weighted by atomic mass is 15.3. The van der Waals surface area contributed by atoms with Crippen LogP contribution in [0.3, 0.4) is 0 Å². The van der Waals surface area contributed by atoms with Gasteiger partial charge >= 0.3 is 0 Å². The molecule has 2 aliphatic heterocycles. The molecule has 2 aliphatic rings. The van der Waals surface area contributed by atoms with Crippen LogP contribution in [-0.2, 0) is 13.5 Å². The van der Waals surface area contributed by atoms with Crippen molar-refractivity contribution in [2.75, 3.05) is 13.1 Å². The molecule has 0 radical (unpaired) electrons. The Bertz CT molecular complexity index is 402. The normalized spacial score (nSPS) is 30.9. The van der Waals surface area contributed by atoms with E-state index in [2.05, 4.69) is 27.2 Å². The fourth-order valence-electron chi connectivity index (χ4n) is 3.82. The molecule has 106 valence electrons. The van der Waals surface area contributed by atoms with Gasteiger partial charge in [0.15, 0.2) is 5.82 Å². The molecule has 0 amide bonds. The summed E-state index contributed by atoms with van der Waals surface area (Å²) < 4.78 is 1.79. The molecule has 19 heavy (non-hydrogen) atoms. The molecule has 2 saturated heterocycles. The summed E-state index contributed by atoms with van der Waals surface area (Å²) in [4.78, 5) is 7.04. The van der Waals surface area contributed by atoms with E-state index in [1.165, 1.54) is 25.7 Å². The minimum atomic E-state index is 0.742. The molecule has 5 nitrogen and oxygen atoms in total. The zero-order valence-electron chi connectivity index (χ0n) is 12.0. The van der Waals surface area contributed by atoms with E-state index in [9.17, 15) is 0 Å². The number of nitrogens with one attached hydrogen (secondary N) is 1. The van der Waals surface area contributed by atoms with Crippen LogP contribution in [0.15, 0.2) is 6.33 Å². The van der Waals surface area contributed by atoms with Crippen molar-refractivity contribution in [1.82, 2.24) is 25.0 Å². The van der Waals surface area contributed by atoms with Gasteiger partial charge in [0.25, 0.3) is 0 Å². The summed E-state index contributed by atoms with van der Waals surface area (Å²) in [6.07, 6.45) is 8.17. The molecule has 0 spiro atoms. The fourth-order valence-corrected chi connectivity index (χ4v) is 3.82. The quantitative estimate of drug-likeness (QED) is 0.859. The first-order chi connectivity index (χ1) is 9.26. The highest BCUT2D eigenvalue weighted by Crippen LogP contribution is 2.35. The van der Waals surface area contributed by atoms with Crippen molar-refractivity contribution in [3.8, 4) is 0 Å². The topological polar surface area (TPSA) is 46.0 Å². The van der Waals surface area contributed by atoms with Gasteiger partial charge in [0.05, 0.1) is 0 Å². The second kappa shape index (κ2) is 5.59. The molecule has 2 unspecified atom stereocenters. The van der Waals surface area contributed by atoms with Crippen LogP contribution in [0.5, 0.6) is 0 Å². The number of nitrogens with zero attached hydrogens (tertiary/aromatic N) is 4. The number of aryl methyl sites for hydroxylation is 1. The summed E-state index contributed by atoms with van der Waals surface area (Å²) in [7, 11) is 1.93. The van der Waals surface area contributed by atoms with E-state index in [1.807, 2.05) is 7.05 Å². The molecule has 3 heterocycles. The van der Waals surface area contributed by atoms with Crippen molar-refractivity contribution in [2.24, 2.45) is 7.05 Å². The molecule has 0 saturated carbocycles. The summed E-state index contributed by atoms with van der Waals surface area (Å²) in [6.45, 7) is 4.43. The zero-order valence-corrected chi connectivity index (χ0v) is 12.0. The molecular formula is C14H25N5. The van der Waals surface area contributed by atoms with E-state index in [0.717, 1.165) is 43.5 Å². The fraction of sp³-hybridized carbons (Fsp3) is 0.857. The first-order valence-electron chi connectivity index (χ1n) is 7.60. The van der Waals surface area contributed by atoms with Crippen molar-refractivity contribution in [2.45, 2.75) is 57.2 Å². The third kappa shape index (κ3) is 2.82. The predicted molar refractivity (Wildman–Crippen MR) is 74.9 cm³/mol. The van der Waals surface area contributed by atoms with Gasteiger partial charge in [-0.2, -0.15) is 5.10 Å². The summed E-state index contributed by atoms with van der Waals surface area (Å²) >= 11 is 0. The lowest BCUT2D eigenvalue weighted by Gasteiger charge is -2.39. The maximum Gasteiger partial charge on any atom is 0.151 e. The number of piperidine rings is 1. The zero-order chi connectivity index (χ0) is 13.2. The van der Waals surface area contributed by atoms with Gasteiger partial charge in [-0.05, 0) is 32.2 Å². The number of fused-ring (bicyclic) bond motifs is 2.